The maximum absolute atomic E-state index is 9.98. The summed E-state index contributed by atoms with van der Waals surface area (Å²) >= 11 is 0. The van der Waals surface area contributed by atoms with Crippen molar-refractivity contribution in [3.05, 3.63) is 5.82 Å². The number of methoxy groups -OCH3 is 1. The molecule has 1 heterocycles. The number of hydrogen-bond acceptors (Lipinski definition) is 5. The highest BCUT2D eigenvalue weighted by Crippen LogP contribution is 2.36. The second-order valence-corrected chi connectivity index (χ2v) is 3.86. The van der Waals surface area contributed by atoms with Gasteiger partial charge in [0, 0.05) is 26.4 Å². The topological polar surface area (TPSA) is 73.1 Å². The number of aromatic nitrogens is 4. The van der Waals surface area contributed by atoms with Crippen LogP contribution >= 0.6 is 0 Å². The lowest BCUT2D eigenvalue weighted by atomic mass is 9.75. The highest BCUT2D eigenvalue weighted by Gasteiger charge is 2.43. The summed E-state index contributed by atoms with van der Waals surface area (Å²) in [5.74, 6) is 0.588. The van der Waals surface area contributed by atoms with Gasteiger partial charge in [0.15, 0.2) is 5.82 Å². The predicted octanol–water partition coefficient (Wildman–Crippen LogP) is -0.708. The van der Waals surface area contributed by atoms with Gasteiger partial charge in [0.1, 0.15) is 0 Å². The van der Waals surface area contributed by atoms with Gasteiger partial charge >= 0.3 is 0 Å². The Bertz CT molecular complexity index is 319. The van der Waals surface area contributed by atoms with Crippen LogP contribution in [0.15, 0.2) is 0 Å². The Morgan fingerprint density at radius 1 is 1.64 bits per heavy atom. The average Bonchev–Trinajstić information content (AvgIpc) is 2.46. The molecule has 0 saturated heterocycles. The molecule has 6 heteroatoms. The van der Waals surface area contributed by atoms with E-state index in [4.69, 9.17) is 4.74 Å². The van der Waals surface area contributed by atoms with Crippen LogP contribution in [0.4, 0.5) is 0 Å². The average molecular weight is 198 g/mol. The third-order valence-corrected chi connectivity index (χ3v) is 2.59. The van der Waals surface area contributed by atoms with Crippen LogP contribution in [0.2, 0.25) is 0 Å². The zero-order chi connectivity index (χ0) is 10.2. The molecule has 0 aliphatic heterocycles. The van der Waals surface area contributed by atoms with Gasteiger partial charge in [-0.2, -0.15) is 4.80 Å². The minimum atomic E-state index is -0.691. The lowest BCUT2D eigenvalue weighted by molar-refractivity contribution is -0.127. The Hall–Kier alpha value is -1.01. The van der Waals surface area contributed by atoms with Crippen LogP contribution in [0.1, 0.15) is 18.7 Å². The van der Waals surface area contributed by atoms with Crippen molar-refractivity contribution < 1.29 is 9.84 Å². The minimum Gasteiger partial charge on any atom is -0.389 e. The van der Waals surface area contributed by atoms with E-state index >= 15 is 0 Å². The number of rotatable bonds is 3. The van der Waals surface area contributed by atoms with E-state index in [1.807, 2.05) is 0 Å². The fraction of sp³-hybridized carbons (Fsp3) is 0.875. The molecule has 0 atom stereocenters. The van der Waals surface area contributed by atoms with Gasteiger partial charge in [-0.1, -0.05) is 0 Å². The van der Waals surface area contributed by atoms with E-state index in [9.17, 15) is 5.11 Å². The second-order valence-electron chi connectivity index (χ2n) is 3.86. The van der Waals surface area contributed by atoms with Crippen molar-refractivity contribution in [1.29, 1.82) is 0 Å². The summed E-state index contributed by atoms with van der Waals surface area (Å²) in [6, 6.07) is 0. The lowest BCUT2D eigenvalue weighted by Gasteiger charge is -2.41. The number of aliphatic hydroxyl groups is 1. The molecule has 0 unspecified atom stereocenters. The third kappa shape index (κ3) is 1.76. The molecular formula is C8H14N4O2. The first-order valence-electron chi connectivity index (χ1n) is 4.59. The summed E-state index contributed by atoms with van der Waals surface area (Å²) in [6.07, 6.45) is 1.95. The molecule has 6 nitrogen and oxygen atoms in total. The van der Waals surface area contributed by atoms with E-state index in [0.29, 0.717) is 25.1 Å². The molecule has 0 aromatic carbocycles. The second kappa shape index (κ2) is 3.29. The molecule has 1 aliphatic rings. The number of tetrazole rings is 1. The molecule has 1 saturated carbocycles. The van der Waals surface area contributed by atoms with Crippen LogP contribution in [0.5, 0.6) is 0 Å². The molecular weight excluding hydrogens is 184 g/mol. The number of ether oxygens (including phenoxy) is 1. The Kier molecular flexibility index (Phi) is 2.24. The maximum atomic E-state index is 9.98. The maximum Gasteiger partial charge on any atom is 0.177 e. The highest BCUT2D eigenvalue weighted by molar-refractivity contribution is 5.01. The van der Waals surface area contributed by atoms with Crippen molar-refractivity contribution in [2.45, 2.75) is 31.0 Å². The van der Waals surface area contributed by atoms with Crippen LogP contribution in [-0.4, -0.2) is 44.1 Å². The standard InChI is InChI=1S/C8H14N4O2/c1-12-10-7(9-11-12)5-8(13)3-6(4-8)14-2/h6,13H,3-5H2,1-2H3. The summed E-state index contributed by atoms with van der Waals surface area (Å²) in [5.41, 5.74) is -0.691. The van der Waals surface area contributed by atoms with Crippen molar-refractivity contribution in [3.8, 4) is 0 Å². The van der Waals surface area contributed by atoms with Crippen LogP contribution in [0.3, 0.4) is 0 Å². The molecule has 1 aliphatic carbocycles. The van der Waals surface area contributed by atoms with Crippen molar-refractivity contribution in [1.82, 2.24) is 20.2 Å². The Balaban J connectivity index is 1.93. The van der Waals surface area contributed by atoms with Gasteiger partial charge in [0.25, 0.3) is 0 Å². The normalized spacial score (nSPS) is 31.5. The largest absolute Gasteiger partial charge is 0.389 e. The molecule has 0 amide bonds. The van der Waals surface area contributed by atoms with Gasteiger partial charge in [-0.3, -0.25) is 0 Å². The Morgan fingerprint density at radius 2 is 2.36 bits per heavy atom. The summed E-state index contributed by atoms with van der Waals surface area (Å²) in [6.45, 7) is 0. The first-order chi connectivity index (χ1) is 6.61. The minimum absolute atomic E-state index is 0.177. The van der Waals surface area contributed by atoms with Crippen LogP contribution in [0.25, 0.3) is 0 Å². The molecule has 1 fully saturated rings. The molecule has 2 rings (SSSR count). The quantitative estimate of drug-likeness (QED) is 0.694. The summed E-state index contributed by atoms with van der Waals surface area (Å²) in [5, 5.41) is 21.5. The van der Waals surface area contributed by atoms with Gasteiger partial charge < -0.3 is 9.84 Å². The monoisotopic (exact) mass is 198 g/mol. The lowest BCUT2D eigenvalue weighted by Crippen LogP contribution is -2.49. The van der Waals surface area contributed by atoms with Crippen molar-refractivity contribution in [2.24, 2.45) is 7.05 Å². The van der Waals surface area contributed by atoms with Gasteiger partial charge in [0.2, 0.25) is 0 Å². The molecule has 0 bridgehead atoms. The first-order valence-corrected chi connectivity index (χ1v) is 4.59. The highest BCUT2D eigenvalue weighted by atomic mass is 16.5. The first kappa shape index (κ1) is 9.54. The fourth-order valence-electron chi connectivity index (χ4n) is 1.79. The van der Waals surface area contributed by atoms with Gasteiger partial charge in [-0.25, -0.2) is 0 Å². The van der Waals surface area contributed by atoms with Crippen LogP contribution in [-0.2, 0) is 18.2 Å². The predicted molar refractivity (Wildman–Crippen MR) is 47.5 cm³/mol. The van der Waals surface area contributed by atoms with Gasteiger partial charge in [-0.05, 0) is 5.21 Å². The molecule has 0 spiro atoms. The van der Waals surface area contributed by atoms with E-state index < -0.39 is 5.60 Å². The van der Waals surface area contributed by atoms with Crippen molar-refractivity contribution in [3.63, 3.8) is 0 Å². The van der Waals surface area contributed by atoms with E-state index in [1.165, 1.54) is 4.80 Å². The van der Waals surface area contributed by atoms with Crippen LogP contribution in [0, 0.1) is 0 Å². The number of nitrogens with zero attached hydrogens (tertiary/aromatic N) is 4. The summed E-state index contributed by atoms with van der Waals surface area (Å²) in [4.78, 5) is 1.39. The molecule has 1 N–H and O–H groups in total. The zero-order valence-electron chi connectivity index (χ0n) is 8.34. The fourth-order valence-corrected chi connectivity index (χ4v) is 1.79. The van der Waals surface area contributed by atoms with Gasteiger partial charge in [0.05, 0.1) is 18.8 Å². The van der Waals surface area contributed by atoms with E-state index in [1.54, 1.807) is 14.2 Å². The summed E-state index contributed by atoms with van der Waals surface area (Å²) in [7, 11) is 3.37. The van der Waals surface area contributed by atoms with E-state index in [0.717, 1.165) is 0 Å². The Labute approximate surface area is 81.9 Å². The van der Waals surface area contributed by atoms with Gasteiger partial charge in [-0.15, -0.1) is 10.2 Å². The smallest absolute Gasteiger partial charge is 0.177 e. The summed E-state index contributed by atoms with van der Waals surface area (Å²) < 4.78 is 5.10. The van der Waals surface area contributed by atoms with E-state index in [2.05, 4.69) is 15.4 Å². The van der Waals surface area contributed by atoms with Crippen molar-refractivity contribution in [2.75, 3.05) is 7.11 Å². The van der Waals surface area contributed by atoms with Crippen LogP contribution < -0.4 is 0 Å². The number of aryl methyl sites for hydroxylation is 1. The Morgan fingerprint density at radius 3 is 2.86 bits per heavy atom. The number of hydrogen-bond donors (Lipinski definition) is 1. The third-order valence-electron chi connectivity index (χ3n) is 2.59. The molecule has 1 aromatic rings. The molecule has 14 heavy (non-hydrogen) atoms. The molecule has 1 aromatic heterocycles. The zero-order valence-corrected chi connectivity index (χ0v) is 8.34. The molecule has 78 valence electrons. The SMILES string of the molecule is COC1CC(O)(Cc2nnn(C)n2)C1. The van der Waals surface area contributed by atoms with Crippen molar-refractivity contribution >= 4 is 0 Å². The van der Waals surface area contributed by atoms with E-state index in [-0.39, 0.29) is 6.10 Å². The molecule has 0 radical (unpaired) electrons.